The van der Waals surface area contributed by atoms with Crippen molar-refractivity contribution in [1.82, 2.24) is 14.3 Å². The molecule has 1 aromatic heterocycles. The molecular weight excluding hydrogens is 346 g/mol. The van der Waals surface area contributed by atoms with Crippen LogP contribution in [0, 0.1) is 5.82 Å². The first-order valence-corrected chi connectivity index (χ1v) is 7.95. The Labute approximate surface area is 127 Å². The minimum atomic E-state index is -3.68. The second-order valence-corrected chi connectivity index (χ2v) is 6.88. The molecule has 2 aromatic rings. The summed E-state index contributed by atoms with van der Waals surface area (Å²) in [6, 6.07) is 0.916. The first kappa shape index (κ1) is 14.4. The van der Waals surface area contributed by atoms with Gasteiger partial charge in [0.1, 0.15) is 5.82 Å². The predicted molar refractivity (Wildman–Crippen MR) is 75.0 cm³/mol. The lowest BCUT2D eigenvalue weighted by Gasteiger charge is -2.10. The van der Waals surface area contributed by atoms with Gasteiger partial charge in [-0.1, -0.05) is 11.6 Å². The summed E-state index contributed by atoms with van der Waals surface area (Å²) in [6.45, 7) is 0. The fraction of sp³-hybridized carbons (Fsp3) is 0.200. The van der Waals surface area contributed by atoms with Gasteiger partial charge in [0.15, 0.2) is 0 Å². The van der Waals surface area contributed by atoms with E-state index in [0.717, 1.165) is 15.3 Å². The van der Waals surface area contributed by atoms with Gasteiger partial charge in [-0.15, -0.1) is 5.10 Å². The van der Waals surface area contributed by atoms with Crippen molar-refractivity contribution in [3.63, 3.8) is 0 Å². The Kier molecular flexibility index (Phi) is 3.05. The minimum absolute atomic E-state index is 0.0389. The fourth-order valence-electron chi connectivity index (χ4n) is 2.16. The highest BCUT2D eigenvalue weighted by atomic mass is 35.5. The summed E-state index contributed by atoms with van der Waals surface area (Å²) in [5.74, 6) is -1.37. The Hall–Kier alpha value is -1.58. The zero-order chi connectivity index (χ0) is 15.5. The Morgan fingerprint density at radius 2 is 2.10 bits per heavy atom. The predicted octanol–water partition coefficient (Wildman–Crippen LogP) is 1.27. The van der Waals surface area contributed by atoms with Crippen LogP contribution >= 0.6 is 23.2 Å². The van der Waals surface area contributed by atoms with Crippen molar-refractivity contribution in [1.29, 1.82) is 0 Å². The van der Waals surface area contributed by atoms with E-state index in [1.165, 1.54) is 7.05 Å². The molecule has 1 aromatic carbocycles. The van der Waals surface area contributed by atoms with E-state index >= 15 is 0 Å². The smallest absolute Gasteiger partial charge is 0.281 e. The van der Waals surface area contributed by atoms with Crippen molar-refractivity contribution in [2.45, 2.75) is 5.75 Å². The molecule has 0 radical (unpaired) electrons. The van der Waals surface area contributed by atoms with Crippen molar-refractivity contribution in [2.75, 3.05) is 4.72 Å². The number of sulfonamides is 1. The Morgan fingerprint density at radius 3 is 2.67 bits per heavy atom. The molecule has 0 spiro atoms. The Morgan fingerprint density at radius 1 is 1.43 bits per heavy atom. The van der Waals surface area contributed by atoms with Crippen molar-refractivity contribution in [3.8, 4) is 5.69 Å². The summed E-state index contributed by atoms with van der Waals surface area (Å²) < 4.78 is 41.5. The third-order valence-corrected chi connectivity index (χ3v) is 4.73. The number of halogens is 3. The molecular formula is C10H7Cl2FN4O3S. The normalized spacial score (nSPS) is 15.8. The van der Waals surface area contributed by atoms with Gasteiger partial charge in [-0.3, -0.25) is 4.72 Å². The third-order valence-electron chi connectivity index (χ3n) is 3.01. The molecule has 1 N–H and O–H groups in total. The van der Waals surface area contributed by atoms with Crippen LogP contribution in [0.5, 0.6) is 0 Å². The van der Waals surface area contributed by atoms with Gasteiger partial charge in [0.05, 0.1) is 22.2 Å². The molecule has 0 atom stereocenters. The van der Waals surface area contributed by atoms with E-state index in [1.807, 2.05) is 0 Å². The van der Waals surface area contributed by atoms with Crippen LogP contribution in [0.3, 0.4) is 0 Å². The molecule has 0 bridgehead atoms. The Bertz CT molecular complexity index is 935. The molecule has 11 heteroatoms. The van der Waals surface area contributed by atoms with Crippen LogP contribution < -0.4 is 10.4 Å². The quantitative estimate of drug-likeness (QED) is 0.837. The average Bonchev–Trinajstić information content (AvgIpc) is 2.80. The first-order chi connectivity index (χ1) is 9.71. The minimum Gasteiger partial charge on any atom is -0.281 e. The molecule has 7 nitrogen and oxygen atoms in total. The van der Waals surface area contributed by atoms with Gasteiger partial charge in [-0.2, -0.15) is 0 Å². The highest BCUT2D eigenvalue weighted by molar-refractivity contribution is 7.92. The average molecular weight is 353 g/mol. The van der Waals surface area contributed by atoms with E-state index in [-0.39, 0.29) is 27.2 Å². The van der Waals surface area contributed by atoms with E-state index in [2.05, 4.69) is 9.82 Å². The summed E-state index contributed by atoms with van der Waals surface area (Å²) in [6.07, 6.45) is 0. The number of nitrogens with one attached hydrogen (secondary N) is 1. The van der Waals surface area contributed by atoms with Gasteiger partial charge >= 0.3 is 5.69 Å². The molecule has 1 aliphatic heterocycles. The van der Waals surface area contributed by atoms with Crippen molar-refractivity contribution in [3.05, 3.63) is 38.2 Å². The molecule has 0 fully saturated rings. The summed E-state index contributed by atoms with van der Waals surface area (Å²) >= 11 is 11.7. The Balaban J connectivity index is 2.41. The topological polar surface area (TPSA) is 86.0 Å². The molecule has 0 aliphatic carbocycles. The number of rotatable bonds is 1. The van der Waals surface area contributed by atoms with Crippen LogP contribution in [0.2, 0.25) is 10.3 Å². The summed E-state index contributed by atoms with van der Waals surface area (Å²) in [4.78, 5) is 12.0. The van der Waals surface area contributed by atoms with Crippen LogP contribution in [0.1, 0.15) is 5.56 Å². The number of benzene rings is 1. The van der Waals surface area contributed by atoms with Gasteiger partial charge in [-0.05, 0) is 17.7 Å². The first-order valence-electron chi connectivity index (χ1n) is 5.54. The molecule has 112 valence electrons. The maximum atomic E-state index is 14.3. The van der Waals surface area contributed by atoms with Crippen LogP contribution in [-0.4, -0.2) is 22.8 Å². The number of hydrogen-bond donors (Lipinski definition) is 1. The van der Waals surface area contributed by atoms with Gasteiger partial charge < -0.3 is 0 Å². The number of aromatic nitrogens is 3. The third kappa shape index (κ3) is 2.12. The number of nitrogens with zero attached hydrogens (tertiary/aromatic N) is 3. The summed E-state index contributed by atoms with van der Waals surface area (Å²) in [5, 5.41) is 3.30. The van der Waals surface area contributed by atoms with E-state index in [1.54, 1.807) is 0 Å². The summed E-state index contributed by atoms with van der Waals surface area (Å²) in [5.41, 5.74) is -0.893. The van der Waals surface area contributed by atoms with E-state index in [9.17, 15) is 17.6 Å². The largest absolute Gasteiger partial charge is 0.351 e. The zero-order valence-electron chi connectivity index (χ0n) is 10.4. The van der Waals surface area contributed by atoms with Crippen LogP contribution in [0.15, 0.2) is 10.9 Å². The lowest BCUT2D eigenvalue weighted by molar-refractivity contribution is 0.601. The van der Waals surface area contributed by atoms with Crippen LogP contribution in [0.4, 0.5) is 10.1 Å². The fourth-order valence-corrected chi connectivity index (χ4v) is 4.02. The highest BCUT2D eigenvalue weighted by Crippen LogP contribution is 2.39. The summed E-state index contributed by atoms with van der Waals surface area (Å²) in [7, 11) is -2.34. The zero-order valence-corrected chi connectivity index (χ0v) is 12.7. The number of aryl methyl sites for hydroxylation is 1. The molecule has 1 aliphatic rings. The van der Waals surface area contributed by atoms with Crippen LogP contribution in [0.25, 0.3) is 5.69 Å². The molecule has 0 saturated heterocycles. The van der Waals surface area contributed by atoms with Gasteiger partial charge in [0.25, 0.3) is 0 Å². The second-order valence-electron chi connectivity index (χ2n) is 4.41. The van der Waals surface area contributed by atoms with Crippen molar-refractivity contribution in [2.24, 2.45) is 7.05 Å². The standard InChI is InChI=1S/C10H7Cl2FN4O3S/c1-16-10(18)17(9(12)14-16)8-4-3-21(19,20)15-7(4)5(11)2-6(8)13/h2,15H,3H2,1H3. The lowest BCUT2D eigenvalue weighted by Crippen LogP contribution is -2.23. The molecule has 0 amide bonds. The maximum absolute atomic E-state index is 14.3. The monoisotopic (exact) mass is 352 g/mol. The molecule has 0 unspecified atom stereocenters. The van der Waals surface area contributed by atoms with E-state index < -0.39 is 27.3 Å². The van der Waals surface area contributed by atoms with Gasteiger partial charge in [0, 0.05) is 12.6 Å². The van der Waals surface area contributed by atoms with E-state index in [4.69, 9.17) is 23.2 Å². The molecule has 0 saturated carbocycles. The van der Waals surface area contributed by atoms with E-state index in [0.29, 0.717) is 0 Å². The molecule has 3 rings (SSSR count). The molecule has 2 heterocycles. The van der Waals surface area contributed by atoms with Crippen molar-refractivity contribution < 1.29 is 12.8 Å². The van der Waals surface area contributed by atoms with Gasteiger partial charge in [0.2, 0.25) is 15.3 Å². The highest BCUT2D eigenvalue weighted by Gasteiger charge is 2.32. The van der Waals surface area contributed by atoms with Crippen LogP contribution in [-0.2, 0) is 22.8 Å². The maximum Gasteiger partial charge on any atom is 0.351 e. The number of fused-ring (bicyclic) bond motifs is 1. The number of anilines is 1. The van der Waals surface area contributed by atoms with Gasteiger partial charge in [-0.25, -0.2) is 26.9 Å². The van der Waals surface area contributed by atoms with Crippen molar-refractivity contribution >= 4 is 38.9 Å². The number of hydrogen-bond acceptors (Lipinski definition) is 4. The lowest BCUT2D eigenvalue weighted by atomic mass is 10.1. The molecule has 21 heavy (non-hydrogen) atoms. The second kappa shape index (κ2) is 4.46. The SMILES string of the molecule is Cn1nc(Cl)n(-c2c(F)cc(Cl)c3c2CS(=O)(=O)N3)c1=O.